The maximum absolute atomic E-state index is 5.79. The van der Waals surface area contributed by atoms with Gasteiger partial charge in [-0.05, 0) is 5.92 Å². The molecule has 0 aromatic heterocycles. The SMILES string of the molecule is CC(C)C1COC(c2ccccc2)O1. The molecule has 0 N–H and O–H groups in total. The summed E-state index contributed by atoms with van der Waals surface area (Å²) in [6.45, 7) is 5.01. The zero-order chi connectivity index (χ0) is 9.97. The molecule has 0 aliphatic carbocycles. The van der Waals surface area contributed by atoms with E-state index in [0.717, 1.165) is 5.56 Å². The second-order valence-electron chi connectivity index (χ2n) is 3.99. The highest BCUT2D eigenvalue weighted by atomic mass is 16.7. The van der Waals surface area contributed by atoms with Gasteiger partial charge in [-0.15, -0.1) is 0 Å². The van der Waals surface area contributed by atoms with Crippen molar-refractivity contribution in [2.24, 2.45) is 5.92 Å². The van der Waals surface area contributed by atoms with E-state index >= 15 is 0 Å². The zero-order valence-corrected chi connectivity index (χ0v) is 8.64. The molecular formula is C12H16O2. The van der Waals surface area contributed by atoms with Crippen LogP contribution < -0.4 is 0 Å². The summed E-state index contributed by atoms with van der Waals surface area (Å²) < 4.78 is 11.4. The first-order chi connectivity index (χ1) is 6.77. The van der Waals surface area contributed by atoms with Crippen molar-refractivity contribution in [1.29, 1.82) is 0 Å². The van der Waals surface area contributed by atoms with Crippen LogP contribution in [0.3, 0.4) is 0 Å². The highest BCUT2D eigenvalue weighted by Gasteiger charge is 2.28. The van der Waals surface area contributed by atoms with Gasteiger partial charge in [-0.3, -0.25) is 0 Å². The van der Waals surface area contributed by atoms with Crippen molar-refractivity contribution >= 4 is 0 Å². The van der Waals surface area contributed by atoms with E-state index in [1.807, 2.05) is 30.3 Å². The van der Waals surface area contributed by atoms with Gasteiger partial charge in [-0.2, -0.15) is 0 Å². The minimum atomic E-state index is -0.163. The lowest BCUT2D eigenvalue weighted by Crippen LogP contribution is -2.17. The lowest BCUT2D eigenvalue weighted by molar-refractivity contribution is -0.0670. The molecule has 1 aromatic rings. The Morgan fingerprint density at radius 1 is 1.21 bits per heavy atom. The number of ether oxygens (including phenoxy) is 2. The Morgan fingerprint density at radius 3 is 2.50 bits per heavy atom. The first-order valence-electron chi connectivity index (χ1n) is 5.09. The van der Waals surface area contributed by atoms with Crippen molar-refractivity contribution in [2.75, 3.05) is 6.61 Å². The van der Waals surface area contributed by atoms with Crippen molar-refractivity contribution in [2.45, 2.75) is 26.2 Å². The summed E-state index contributed by atoms with van der Waals surface area (Å²) in [6.07, 6.45) is 0.0730. The Labute approximate surface area is 84.8 Å². The van der Waals surface area contributed by atoms with E-state index in [4.69, 9.17) is 9.47 Å². The third-order valence-corrected chi connectivity index (χ3v) is 2.53. The average Bonchev–Trinajstić information content (AvgIpc) is 2.68. The van der Waals surface area contributed by atoms with Crippen LogP contribution in [0.25, 0.3) is 0 Å². The van der Waals surface area contributed by atoms with Crippen LogP contribution in [0.5, 0.6) is 0 Å². The smallest absolute Gasteiger partial charge is 0.184 e. The summed E-state index contributed by atoms with van der Waals surface area (Å²) >= 11 is 0. The number of benzene rings is 1. The van der Waals surface area contributed by atoms with Crippen molar-refractivity contribution in [1.82, 2.24) is 0 Å². The predicted molar refractivity (Wildman–Crippen MR) is 54.8 cm³/mol. The molecule has 2 unspecified atom stereocenters. The van der Waals surface area contributed by atoms with E-state index in [2.05, 4.69) is 13.8 Å². The van der Waals surface area contributed by atoms with Gasteiger partial charge in [0.25, 0.3) is 0 Å². The topological polar surface area (TPSA) is 18.5 Å². The second kappa shape index (κ2) is 4.11. The maximum atomic E-state index is 5.79. The van der Waals surface area contributed by atoms with E-state index in [1.165, 1.54) is 0 Å². The minimum Gasteiger partial charge on any atom is -0.346 e. The van der Waals surface area contributed by atoms with Crippen molar-refractivity contribution in [3.05, 3.63) is 35.9 Å². The van der Waals surface area contributed by atoms with Gasteiger partial charge in [0, 0.05) is 5.56 Å². The molecule has 76 valence electrons. The van der Waals surface area contributed by atoms with Crippen LogP contribution in [0, 0.1) is 5.92 Å². The Morgan fingerprint density at radius 2 is 1.93 bits per heavy atom. The highest BCUT2D eigenvalue weighted by molar-refractivity contribution is 5.16. The number of rotatable bonds is 2. The van der Waals surface area contributed by atoms with E-state index in [9.17, 15) is 0 Å². The molecule has 0 spiro atoms. The van der Waals surface area contributed by atoms with Crippen molar-refractivity contribution in [3.63, 3.8) is 0 Å². The Bertz CT molecular complexity index is 282. The first kappa shape index (κ1) is 9.69. The molecule has 2 nitrogen and oxygen atoms in total. The summed E-state index contributed by atoms with van der Waals surface area (Å²) in [5.41, 5.74) is 1.11. The van der Waals surface area contributed by atoms with E-state index in [0.29, 0.717) is 12.5 Å². The molecule has 0 amide bonds. The minimum absolute atomic E-state index is 0.163. The van der Waals surface area contributed by atoms with Gasteiger partial charge in [0.05, 0.1) is 12.7 Å². The fourth-order valence-electron chi connectivity index (χ4n) is 1.55. The van der Waals surface area contributed by atoms with Gasteiger partial charge >= 0.3 is 0 Å². The van der Waals surface area contributed by atoms with Crippen LogP contribution in [-0.2, 0) is 9.47 Å². The third kappa shape index (κ3) is 1.97. The summed E-state index contributed by atoms with van der Waals surface area (Å²) in [6, 6.07) is 10.1. The first-order valence-corrected chi connectivity index (χ1v) is 5.09. The molecule has 2 atom stereocenters. The molecule has 2 heteroatoms. The normalized spacial score (nSPS) is 27.1. The highest BCUT2D eigenvalue weighted by Crippen LogP contribution is 2.29. The standard InChI is InChI=1S/C12H16O2/c1-9(2)11-8-13-12(14-11)10-6-4-3-5-7-10/h3-7,9,11-12H,8H2,1-2H3. The van der Waals surface area contributed by atoms with Gasteiger partial charge in [-0.1, -0.05) is 44.2 Å². The summed E-state index contributed by atoms with van der Waals surface area (Å²) in [5.74, 6) is 0.517. The van der Waals surface area contributed by atoms with Crippen molar-refractivity contribution in [3.8, 4) is 0 Å². The monoisotopic (exact) mass is 192 g/mol. The summed E-state index contributed by atoms with van der Waals surface area (Å²) in [4.78, 5) is 0. The lowest BCUT2D eigenvalue weighted by Gasteiger charge is -2.13. The number of hydrogen-bond donors (Lipinski definition) is 0. The van der Waals surface area contributed by atoms with Gasteiger partial charge < -0.3 is 9.47 Å². The van der Waals surface area contributed by atoms with Gasteiger partial charge in [0.2, 0.25) is 0 Å². The van der Waals surface area contributed by atoms with Gasteiger partial charge in [0.1, 0.15) is 0 Å². The molecule has 1 saturated heterocycles. The molecule has 1 heterocycles. The molecule has 1 aliphatic heterocycles. The van der Waals surface area contributed by atoms with Gasteiger partial charge in [0.15, 0.2) is 6.29 Å². The number of hydrogen-bond acceptors (Lipinski definition) is 2. The van der Waals surface area contributed by atoms with Crippen LogP contribution in [0.4, 0.5) is 0 Å². The molecule has 0 radical (unpaired) electrons. The fourth-order valence-corrected chi connectivity index (χ4v) is 1.55. The van der Waals surface area contributed by atoms with Gasteiger partial charge in [-0.25, -0.2) is 0 Å². The molecule has 0 bridgehead atoms. The van der Waals surface area contributed by atoms with Crippen LogP contribution in [0.15, 0.2) is 30.3 Å². The molecule has 1 aromatic carbocycles. The Kier molecular flexibility index (Phi) is 2.85. The van der Waals surface area contributed by atoms with E-state index < -0.39 is 0 Å². The van der Waals surface area contributed by atoms with Crippen LogP contribution in [-0.4, -0.2) is 12.7 Å². The molecule has 2 rings (SSSR count). The maximum Gasteiger partial charge on any atom is 0.184 e. The molecule has 1 aliphatic rings. The third-order valence-electron chi connectivity index (χ3n) is 2.53. The summed E-state index contributed by atoms with van der Waals surface area (Å²) in [7, 11) is 0. The van der Waals surface area contributed by atoms with E-state index in [1.54, 1.807) is 0 Å². The lowest BCUT2D eigenvalue weighted by atomic mass is 10.1. The molecule has 0 saturated carbocycles. The largest absolute Gasteiger partial charge is 0.346 e. The Balaban J connectivity index is 2.03. The van der Waals surface area contributed by atoms with Crippen molar-refractivity contribution < 1.29 is 9.47 Å². The second-order valence-corrected chi connectivity index (χ2v) is 3.99. The molecule has 1 fully saturated rings. The molecular weight excluding hydrogens is 176 g/mol. The van der Waals surface area contributed by atoms with Crippen LogP contribution in [0.2, 0.25) is 0 Å². The van der Waals surface area contributed by atoms with Crippen LogP contribution >= 0.6 is 0 Å². The Hall–Kier alpha value is -0.860. The zero-order valence-electron chi connectivity index (χ0n) is 8.64. The van der Waals surface area contributed by atoms with E-state index in [-0.39, 0.29) is 12.4 Å². The quantitative estimate of drug-likeness (QED) is 0.717. The summed E-state index contributed by atoms with van der Waals surface area (Å²) in [5, 5.41) is 0. The molecule has 14 heavy (non-hydrogen) atoms. The fraction of sp³-hybridized carbons (Fsp3) is 0.500. The average molecular weight is 192 g/mol. The van der Waals surface area contributed by atoms with Crippen LogP contribution in [0.1, 0.15) is 25.7 Å². The predicted octanol–water partition coefficient (Wildman–Crippen LogP) is 2.76.